The Kier molecular flexibility index (Phi) is 2.53. The Hall–Kier alpha value is -2.05. The highest BCUT2D eigenvalue weighted by molar-refractivity contribution is 5.61. The van der Waals surface area contributed by atoms with Crippen molar-refractivity contribution in [2.75, 3.05) is 0 Å². The second-order valence-electron chi connectivity index (χ2n) is 3.37. The molecule has 0 saturated carbocycles. The van der Waals surface area contributed by atoms with Crippen molar-refractivity contribution in [1.82, 2.24) is 10.1 Å². The molecule has 0 bridgehead atoms. The van der Waals surface area contributed by atoms with Gasteiger partial charge in [-0.3, -0.25) is 0 Å². The Bertz CT molecular complexity index is 549. The van der Waals surface area contributed by atoms with Gasteiger partial charge in [-0.15, -0.1) is 0 Å². The number of hydrogen-bond acceptors (Lipinski definition) is 4. The molecule has 1 heterocycles. The molecule has 4 nitrogen and oxygen atoms in total. The van der Waals surface area contributed by atoms with Crippen LogP contribution in [0.1, 0.15) is 11.4 Å². The van der Waals surface area contributed by atoms with E-state index in [1.807, 2.05) is 0 Å². The average molecular weight is 244 g/mol. The Balaban J connectivity index is 2.48. The molecule has 0 aliphatic carbocycles. The fourth-order valence-electron chi connectivity index (χ4n) is 1.30. The lowest BCUT2D eigenvalue weighted by molar-refractivity contribution is -0.146. The molecule has 1 aromatic carbocycles. The van der Waals surface area contributed by atoms with E-state index in [0.29, 0.717) is 5.56 Å². The van der Waals surface area contributed by atoms with Crippen molar-refractivity contribution in [3.63, 3.8) is 0 Å². The Morgan fingerprint density at radius 3 is 2.59 bits per heavy atom. The van der Waals surface area contributed by atoms with Gasteiger partial charge in [0.1, 0.15) is 5.75 Å². The molecule has 7 heteroatoms. The van der Waals surface area contributed by atoms with Crippen LogP contribution < -0.4 is 0 Å². The number of aromatic nitrogens is 2. The van der Waals surface area contributed by atoms with Crippen LogP contribution in [0, 0.1) is 6.92 Å². The van der Waals surface area contributed by atoms with Crippen LogP contribution in [0.3, 0.4) is 0 Å². The van der Waals surface area contributed by atoms with Crippen LogP contribution in [0.4, 0.5) is 13.2 Å². The molecule has 0 saturated heterocycles. The van der Waals surface area contributed by atoms with E-state index in [4.69, 9.17) is 0 Å². The highest BCUT2D eigenvalue weighted by atomic mass is 19.4. The van der Waals surface area contributed by atoms with Gasteiger partial charge >= 0.3 is 6.18 Å². The van der Waals surface area contributed by atoms with Gasteiger partial charge in [-0.2, -0.15) is 18.2 Å². The van der Waals surface area contributed by atoms with Crippen molar-refractivity contribution in [2.24, 2.45) is 0 Å². The van der Waals surface area contributed by atoms with Crippen LogP contribution in [0.15, 0.2) is 22.7 Å². The number of nitrogens with zero attached hydrogens (tertiary/aromatic N) is 2. The number of rotatable bonds is 1. The summed E-state index contributed by atoms with van der Waals surface area (Å²) in [6.45, 7) is 1.54. The standard InChI is InChI=1S/C10H7F3N2O2/c1-5-6(3-2-4-7(5)16)8-14-9(15-17-8)10(11,12)13/h2-4,16H,1H3. The van der Waals surface area contributed by atoms with Crippen molar-refractivity contribution in [1.29, 1.82) is 0 Å². The molecule has 17 heavy (non-hydrogen) atoms. The summed E-state index contributed by atoms with van der Waals surface area (Å²) in [6.07, 6.45) is -4.65. The maximum atomic E-state index is 12.3. The van der Waals surface area contributed by atoms with Crippen molar-refractivity contribution in [3.05, 3.63) is 29.6 Å². The first kappa shape index (κ1) is 11.4. The van der Waals surface area contributed by atoms with Gasteiger partial charge in [-0.05, 0) is 19.1 Å². The third-order valence-electron chi connectivity index (χ3n) is 2.22. The predicted molar refractivity (Wildman–Crippen MR) is 51.1 cm³/mol. The summed E-state index contributed by atoms with van der Waals surface area (Å²) in [5, 5.41) is 12.3. The third kappa shape index (κ3) is 2.08. The Labute approximate surface area is 93.7 Å². The lowest BCUT2D eigenvalue weighted by Crippen LogP contribution is -2.07. The van der Waals surface area contributed by atoms with Gasteiger partial charge in [0.25, 0.3) is 11.7 Å². The molecule has 0 radical (unpaired) electrons. The van der Waals surface area contributed by atoms with E-state index in [2.05, 4.69) is 14.7 Å². The van der Waals surface area contributed by atoms with Gasteiger partial charge in [-0.1, -0.05) is 11.2 Å². The number of halogens is 3. The number of alkyl halides is 3. The lowest BCUT2D eigenvalue weighted by Gasteiger charge is -2.02. The second kappa shape index (κ2) is 3.76. The Morgan fingerprint density at radius 1 is 1.29 bits per heavy atom. The highest BCUT2D eigenvalue weighted by Crippen LogP contribution is 2.31. The quantitative estimate of drug-likeness (QED) is 0.837. The molecular formula is C10H7F3N2O2. The molecule has 90 valence electrons. The summed E-state index contributed by atoms with van der Waals surface area (Å²) in [6, 6.07) is 4.39. The zero-order valence-corrected chi connectivity index (χ0v) is 8.62. The van der Waals surface area contributed by atoms with Crippen LogP contribution in [0.5, 0.6) is 5.75 Å². The van der Waals surface area contributed by atoms with E-state index >= 15 is 0 Å². The van der Waals surface area contributed by atoms with E-state index in [1.54, 1.807) is 6.92 Å². The number of phenols is 1. The maximum absolute atomic E-state index is 12.3. The molecule has 2 aromatic rings. The van der Waals surface area contributed by atoms with E-state index in [9.17, 15) is 18.3 Å². The van der Waals surface area contributed by atoms with Gasteiger partial charge in [0.2, 0.25) is 0 Å². The zero-order chi connectivity index (χ0) is 12.6. The summed E-state index contributed by atoms with van der Waals surface area (Å²) in [5.41, 5.74) is 0.651. The maximum Gasteiger partial charge on any atom is 0.455 e. The monoisotopic (exact) mass is 244 g/mol. The summed E-state index contributed by atoms with van der Waals surface area (Å²) in [5.74, 6) is -1.66. The molecular weight excluding hydrogens is 237 g/mol. The molecule has 1 N–H and O–H groups in total. The van der Waals surface area contributed by atoms with Crippen LogP contribution in [0.2, 0.25) is 0 Å². The molecule has 0 spiro atoms. The minimum absolute atomic E-state index is 0.0470. The number of aromatic hydroxyl groups is 1. The first-order valence-corrected chi connectivity index (χ1v) is 4.59. The third-order valence-corrected chi connectivity index (χ3v) is 2.22. The summed E-state index contributed by atoms with van der Waals surface area (Å²) in [7, 11) is 0. The van der Waals surface area contributed by atoms with Crippen LogP contribution in [-0.4, -0.2) is 15.2 Å². The van der Waals surface area contributed by atoms with E-state index < -0.39 is 12.0 Å². The minimum atomic E-state index is -4.65. The number of phenolic OH excluding ortho intramolecular Hbond substituents is 1. The van der Waals surface area contributed by atoms with Gasteiger partial charge in [-0.25, -0.2) is 0 Å². The molecule has 0 fully saturated rings. The molecule has 0 atom stereocenters. The van der Waals surface area contributed by atoms with Crippen molar-refractivity contribution >= 4 is 0 Å². The molecule has 1 aromatic heterocycles. The topological polar surface area (TPSA) is 59.2 Å². The molecule has 2 rings (SSSR count). The lowest BCUT2D eigenvalue weighted by atomic mass is 10.1. The smallest absolute Gasteiger partial charge is 0.455 e. The fourth-order valence-corrected chi connectivity index (χ4v) is 1.30. The van der Waals surface area contributed by atoms with E-state index in [1.165, 1.54) is 18.2 Å². The van der Waals surface area contributed by atoms with Gasteiger partial charge < -0.3 is 9.63 Å². The van der Waals surface area contributed by atoms with Gasteiger partial charge in [0.05, 0.1) is 0 Å². The molecule has 0 amide bonds. The normalized spacial score (nSPS) is 11.8. The van der Waals surface area contributed by atoms with Crippen LogP contribution in [0.25, 0.3) is 11.5 Å². The predicted octanol–water partition coefficient (Wildman–Crippen LogP) is 2.77. The fraction of sp³-hybridized carbons (Fsp3) is 0.200. The SMILES string of the molecule is Cc1c(O)cccc1-c1nc(C(F)(F)F)no1. The van der Waals surface area contributed by atoms with E-state index in [-0.39, 0.29) is 17.2 Å². The van der Waals surface area contributed by atoms with Gasteiger partial charge in [0.15, 0.2) is 0 Å². The minimum Gasteiger partial charge on any atom is -0.508 e. The number of benzene rings is 1. The first-order valence-electron chi connectivity index (χ1n) is 4.59. The first-order chi connectivity index (χ1) is 7.89. The molecule has 0 unspecified atom stereocenters. The van der Waals surface area contributed by atoms with E-state index in [0.717, 1.165) is 0 Å². The van der Waals surface area contributed by atoms with Crippen LogP contribution >= 0.6 is 0 Å². The number of hydrogen-bond donors (Lipinski definition) is 1. The van der Waals surface area contributed by atoms with Crippen molar-refractivity contribution < 1.29 is 22.8 Å². The van der Waals surface area contributed by atoms with Gasteiger partial charge in [0, 0.05) is 11.1 Å². The van der Waals surface area contributed by atoms with Crippen LogP contribution in [-0.2, 0) is 6.18 Å². The summed E-state index contributed by atoms with van der Waals surface area (Å²) < 4.78 is 41.3. The second-order valence-corrected chi connectivity index (χ2v) is 3.37. The highest BCUT2D eigenvalue weighted by Gasteiger charge is 2.37. The summed E-state index contributed by atoms with van der Waals surface area (Å²) >= 11 is 0. The summed E-state index contributed by atoms with van der Waals surface area (Å²) in [4.78, 5) is 3.24. The molecule has 0 aliphatic heterocycles. The zero-order valence-electron chi connectivity index (χ0n) is 8.62. The van der Waals surface area contributed by atoms with Crippen molar-refractivity contribution in [2.45, 2.75) is 13.1 Å². The van der Waals surface area contributed by atoms with Crippen molar-refractivity contribution in [3.8, 4) is 17.2 Å². The molecule has 0 aliphatic rings. The average Bonchev–Trinajstić information content (AvgIpc) is 2.70. The Morgan fingerprint density at radius 2 is 2.00 bits per heavy atom. The largest absolute Gasteiger partial charge is 0.508 e.